The summed E-state index contributed by atoms with van der Waals surface area (Å²) in [5.41, 5.74) is 3.71. The zero-order valence-corrected chi connectivity index (χ0v) is 13.6. The van der Waals surface area contributed by atoms with Gasteiger partial charge < -0.3 is 14.6 Å². The van der Waals surface area contributed by atoms with Gasteiger partial charge in [-0.3, -0.25) is 4.79 Å². The summed E-state index contributed by atoms with van der Waals surface area (Å²) in [6.07, 6.45) is 0. The highest BCUT2D eigenvalue weighted by Crippen LogP contribution is 2.22. The molecular weight excluding hydrogens is 288 g/mol. The molecule has 1 aromatic heterocycles. The predicted octanol–water partition coefficient (Wildman–Crippen LogP) is 3.76. The Morgan fingerprint density at radius 2 is 1.96 bits per heavy atom. The fourth-order valence-electron chi connectivity index (χ4n) is 2.75. The third-order valence-corrected chi connectivity index (χ3v) is 3.95. The van der Waals surface area contributed by atoms with Gasteiger partial charge in [0.2, 0.25) is 0 Å². The number of carbonyl (C=O) groups excluding carboxylic acids is 1. The Morgan fingerprint density at radius 3 is 2.70 bits per heavy atom. The van der Waals surface area contributed by atoms with Crippen molar-refractivity contribution in [1.29, 1.82) is 0 Å². The number of ether oxygens (including phenoxy) is 1. The molecule has 1 N–H and O–H groups in total. The van der Waals surface area contributed by atoms with Crippen molar-refractivity contribution in [3.8, 4) is 5.75 Å². The maximum absolute atomic E-state index is 12.7. The minimum absolute atomic E-state index is 0.0373. The second-order valence-corrected chi connectivity index (χ2v) is 5.75. The van der Waals surface area contributed by atoms with Crippen LogP contribution in [0.5, 0.6) is 5.75 Å². The first kappa shape index (κ1) is 15.2. The van der Waals surface area contributed by atoms with E-state index in [4.69, 9.17) is 4.74 Å². The number of hydrogen-bond acceptors (Lipinski definition) is 2. The van der Waals surface area contributed by atoms with Gasteiger partial charge in [-0.25, -0.2) is 0 Å². The van der Waals surface area contributed by atoms with Crippen molar-refractivity contribution in [2.75, 3.05) is 14.2 Å². The molecule has 0 aliphatic carbocycles. The largest absolute Gasteiger partial charge is 0.496 e. The Kier molecular flexibility index (Phi) is 4.06. The van der Waals surface area contributed by atoms with Crippen LogP contribution in [0.4, 0.5) is 0 Å². The van der Waals surface area contributed by atoms with E-state index in [0.717, 1.165) is 27.8 Å². The molecule has 0 aliphatic heterocycles. The Morgan fingerprint density at radius 1 is 1.17 bits per heavy atom. The highest BCUT2D eigenvalue weighted by Gasteiger charge is 2.16. The highest BCUT2D eigenvalue weighted by atomic mass is 16.5. The van der Waals surface area contributed by atoms with Crippen molar-refractivity contribution in [3.63, 3.8) is 0 Å². The standard InChI is InChI=1S/C19H20N2O2/c1-13-8-9-18(23-3)15(10-13)12-21(2)19(22)17-11-14-6-4-5-7-16(14)20-17/h4-11,20H,12H2,1-3H3. The molecule has 0 unspecified atom stereocenters. The third-order valence-electron chi connectivity index (χ3n) is 3.95. The van der Waals surface area contributed by atoms with Crippen molar-refractivity contribution >= 4 is 16.8 Å². The average Bonchev–Trinajstić information content (AvgIpc) is 2.98. The van der Waals surface area contributed by atoms with Gasteiger partial charge in [0, 0.05) is 30.1 Å². The van der Waals surface area contributed by atoms with Crippen LogP contribution < -0.4 is 4.74 Å². The number of para-hydroxylation sites is 1. The van der Waals surface area contributed by atoms with Crippen molar-refractivity contribution in [1.82, 2.24) is 9.88 Å². The van der Waals surface area contributed by atoms with E-state index in [0.29, 0.717) is 12.2 Å². The molecule has 0 atom stereocenters. The highest BCUT2D eigenvalue weighted by molar-refractivity contribution is 5.97. The molecule has 0 bridgehead atoms. The number of H-pyrrole nitrogens is 1. The number of aromatic nitrogens is 1. The molecule has 23 heavy (non-hydrogen) atoms. The lowest BCUT2D eigenvalue weighted by molar-refractivity contribution is 0.0779. The SMILES string of the molecule is COc1ccc(C)cc1CN(C)C(=O)c1cc2ccccc2[nH]1. The molecule has 4 nitrogen and oxygen atoms in total. The number of benzene rings is 2. The monoisotopic (exact) mass is 308 g/mol. The molecule has 0 saturated carbocycles. The third kappa shape index (κ3) is 3.06. The average molecular weight is 308 g/mol. The summed E-state index contributed by atoms with van der Waals surface area (Å²) < 4.78 is 5.39. The summed E-state index contributed by atoms with van der Waals surface area (Å²) in [7, 11) is 3.45. The maximum Gasteiger partial charge on any atom is 0.270 e. The Hall–Kier alpha value is -2.75. The molecule has 2 aromatic carbocycles. The van der Waals surface area contributed by atoms with E-state index < -0.39 is 0 Å². The molecule has 0 fully saturated rings. The molecular formula is C19H20N2O2. The van der Waals surface area contributed by atoms with Crippen LogP contribution in [0.3, 0.4) is 0 Å². The predicted molar refractivity (Wildman–Crippen MR) is 91.8 cm³/mol. The molecule has 0 spiro atoms. The molecule has 1 heterocycles. The minimum Gasteiger partial charge on any atom is -0.496 e. The van der Waals surface area contributed by atoms with Crippen molar-refractivity contribution in [2.24, 2.45) is 0 Å². The van der Waals surface area contributed by atoms with Gasteiger partial charge in [0.25, 0.3) is 5.91 Å². The summed E-state index contributed by atoms with van der Waals surface area (Å²) in [6.45, 7) is 2.53. The zero-order valence-electron chi connectivity index (χ0n) is 13.6. The van der Waals surface area contributed by atoms with Gasteiger partial charge in [-0.15, -0.1) is 0 Å². The van der Waals surface area contributed by atoms with Crippen molar-refractivity contribution in [2.45, 2.75) is 13.5 Å². The second kappa shape index (κ2) is 6.16. The van der Waals surface area contributed by atoms with Crippen LogP contribution in [-0.4, -0.2) is 29.9 Å². The van der Waals surface area contributed by atoms with Gasteiger partial charge in [0.1, 0.15) is 11.4 Å². The fourth-order valence-corrected chi connectivity index (χ4v) is 2.75. The van der Waals surface area contributed by atoms with Crippen LogP contribution in [0.1, 0.15) is 21.6 Å². The second-order valence-electron chi connectivity index (χ2n) is 5.75. The molecule has 118 valence electrons. The topological polar surface area (TPSA) is 45.3 Å². The van der Waals surface area contributed by atoms with Gasteiger partial charge in [-0.05, 0) is 25.1 Å². The van der Waals surface area contributed by atoms with Crippen molar-refractivity contribution in [3.05, 3.63) is 65.4 Å². The summed E-state index contributed by atoms with van der Waals surface area (Å²) in [6, 6.07) is 15.8. The number of nitrogens with zero attached hydrogens (tertiary/aromatic N) is 1. The molecule has 3 rings (SSSR count). The summed E-state index contributed by atoms with van der Waals surface area (Å²) in [4.78, 5) is 17.5. The number of fused-ring (bicyclic) bond motifs is 1. The number of carbonyl (C=O) groups is 1. The molecule has 1 amide bonds. The fraction of sp³-hybridized carbons (Fsp3) is 0.211. The van der Waals surface area contributed by atoms with E-state index in [1.165, 1.54) is 0 Å². The first-order valence-corrected chi connectivity index (χ1v) is 7.55. The lowest BCUT2D eigenvalue weighted by atomic mass is 10.1. The van der Waals surface area contributed by atoms with E-state index in [9.17, 15) is 4.79 Å². The summed E-state index contributed by atoms with van der Waals surface area (Å²) >= 11 is 0. The molecule has 0 saturated heterocycles. The van der Waals surface area contributed by atoms with Gasteiger partial charge in [-0.1, -0.05) is 35.9 Å². The van der Waals surface area contributed by atoms with Crippen LogP contribution in [0.25, 0.3) is 10.9 Å². The number of amides is 1. The van der Waals surface area contributed by atoms with Gasteiger partial charge in [-0.2, -0.15) is 0 Å². The lowest BCUT2D eigenvalue weighted by Crippen LogP contribution is -2.26. The van der Waals surface area contributed by atoms with Gasteiger partial charge >= 0.3 is 0 Å². The minimum atomic E-state index is -0.0373. The van der Waals surface area contributed by atoms with E-state index in [-0.39, 0.29) is 5.91 Å². The van der Waals surface area contributed by atoms with Crippen LogP contribution in [0, 0.1) is 6.92 Å². The lowest BCUT2D eigenvalue weighted by Gasteiger charge is -2.18. The zero-order chi connectivity index (χ0) is 16.4. The smallest absolute Gasteiger partial charge is 0.270 e. The Balaban J connectivity index is 1.84. The van der Waals surface area contributed by atoms with Crippen LogP contribution in [0.15, 0.2) is 48.5 Å². The first-order chi connectivity index (χ1) is 11.1. The van der Waals surface area contributed by atoms with Crippen LogP contribution >= 0.6 is 0 Å². The van der Waals surface area contributed by atoms with Gasteiger partial charge in [0.05, 0.1) is 7.11 Å². The number of hydrogen-bond donors (Lipinski definition) is 1. The normalized spacial score (nSPS) is 10.7. The van der Waals surface area contributed by atoms with E-state index in [1.807, 2.05) is 55.5 Å². The van der Waals surface area contributed by atoms with Crippen molar-refractivity contribution < 1.29 is 9.53 Å². The van der Waals surface area contributed by atoms with Gasteiger partial charge in [0.15, 0.2) is 0 Å². The summed E-state index contributed by atoms with van der Waals surface area (Å²) in [5.74, 6) is 0.761. The molecule has 0 radical (unpaired) electrons. The van der Waals surface area contributed by atoms with Crippen LogP contribution in [0.2, 0.25) is 0 Å². The Bertz CT molecular complexity index is 818. The summed E-state index contributed by atoms with van der Waals surface area (Å²) in [5, 5.41) is 1.04. The quantitative estimate of drug-likeness (QED) is 0.797. The number of nitrogens with one attached hydrogen (secondary N) is 1. The number of rotatable bonds is 4. The van der Waals surface area contributed by atoms with E-state index in [2.05, 4.69) is 4.98 Å². The first-order valence-electron chi connectivity index (χ1n) is 7.55. The maximum atomic E-state index is 12.7. The molecule has 3 aromatic rings. The number of aromatic amines is 1. The number of methoxy groups -OCH3 is 1. The van der Waals surface area contributed by atoms with Crippen LogP contribution in [-0.2, 0) is 6.54 Å². The molecule has 0 aliphatic rings. The van der Waals surface area contributed by atoms with E-state index in [1.54, 1.807) is 19.1 Å². The van der Waals surface area contributed by atoms with E-state index >= 15 is 0 Å². The molecule has 4 heteroatoms. The Labute approximate surface area is 135 Å². The number of aryl methyl sites for hydroxylation is 1.